The van der Waals surface area contributed by atoms with E-state index < -0.39 is 0 Å². The minimum Gasteiger partial charge on any atom is -0.465 e. The second kappa shape index (κ2) is 5.89. The van der Waals surface area contributed by atoms with Gasteiger partial charge in [-0.25, -0.2) is 9.78 Å². The van der Waals surface area contributed by atoms with Gasteiger partial charge in [-0.05, 0) is 30.2 Å². The molecule has 0 saturated heterocycles. The highest BCUT2D eigenvalue weighted by molar-refractivity contribution is 5.94. The summed E-state index contributed by atoms with van der Waals surface area (Å²) in [6, 6.07) is 15.5. The molecule has 5 nitrogen and oxygen atoms in total. The maximum Gasteiger partial charge on any atom is 0.337 e. The molecule has 0 atom stereocenters. The van der Waals surface area contributed by atoms with Crippen molar-refractivity contribution in [1.82, 2.24) is 9.55 Å². The van der Waals surface area contributed by atoms with Crippen molar-refractivity contribution in [3.8, 4) is 0 Å². The van der Waals surface area contributed by atoms with Gasteiger partial charge in [0.15, 0.2) is 0 Å². The molecular formula is C17H17N3O2. The van der Waals surface area contributed by atoms with Crippen LogP contribution in [0.5, 0.6) is 0 Å². The van der Waals surface area contributed by atoms with E-state index in [1.807, 2.05) is 28.8 Å². The summed E-state index contributed by atoms with van der Waals surface area (Å²) in [5.74, 6) is 0.0762. The van der Waals surface area contributed by atoms with E-state index in [0.29, 0.717) is 17.0 Å². The molecule has 3 aromatic rings. The Kier molecular flexibility index (Phi) is 3.78. The molecule has 0 fully saturated rings. The number of aromatic nitrogens is 2. The van der Waals surface area contributed by atoms with Gasteiger partial charge >= 0.3 is 5.97 Å². The zero-order chi connectivity index (χ0) is 15.5. The van der Waals surface area contributed by atoms with Crippen molar-refractivity contribution in [2.24, 2.45) is 0 Å². The standard InChI is InChI=1S/C17H17N3O2/c1-22-16(21)13-7-8-15-14(11-13)19-17(18)20(15)10-9-12-5-3-2-4-6-12/h2-8,11H,9-10H2,1H3,(H2,18,19). The number of carbonyl (C=O) groups excluding carboxylic acids is 1. The molecule has 1 heterocycles. The molecule has 5 heteroatoms. The van der Waals surface area contributed by atoms with E-state index in [2.05, 4.69) is 17.1 Å². The number of hydrogen-bond donors (Lipinski definition) is 1. The molecule has 0 aliphatic rings. The molecule has 0 spiro atoms. The number of aryl methyl sites for hydroxylation is 2. The molecule has 22 heavy (non-hydrogen) atoms. The number of esters is 1. The first-order chi connectivity index (χ1) is 10.7. The monoisotopic (exact) mass is 295 g/mol. The van der Waals surface area contributed by atoms with Crippen LogP contribution < -0.4 is 5.73 Å². The fraction of sp³-hybridized carbons (Fsp3) is 0.176. The van der Waals surface area contributed by atoms with Crippen LogP contribution in [-0.2, 0) is 17.7 Å². The Labute approximate surface area is 128 Å². The van der Waals surface area contributed by atoms with Gasteiger partial charge in [0.2, 0.25) is 5.95 Å². The van der Waals surface area contributed by atoms with E-state index in [9.17, 15) is 4.79 Å². The van der Waals surface area contributed by atoms with Crippen molar-refractivity contribution >= 4 is 23.0 Å². The second-order valence-corrected chi connectivity index (χ2v) is 5.05. The molecule has 3 rings (SSSR count). The smallest absolute Gasteiger partial charge is 0.337 e. The minimum absolute atomic E-state index is 0.376. The number of rotatable bonds is 4. The van der Waals surface area contributed by atoms with E-state index in [4.69, 9.17) is 10.5 Å². The van der Waals surface area contributed by atoms with Gasteiger partial charge in [-0.3, -0.25) is 0 Å². The van der Waals surface area contributed by atoms with Gasteiger partial charge in [0.05, 0.1) is 23.7 Å². The molecule has 0 bridgehead atoms. The Bertz CT molecular complexity index is 809. The van der Waals surface area contributed by atoms with Crippen molar-refractivity contribution < 1.29 is 9.53 Å². The van der Waals surface area contributed by atoms with Crippen molar-refractivity contribution in [1.29, 1.82) is 0 Å². The van der Waals surface area contributed by atoms with Gasteiger partial charge < -0.3 is 15.0 Å². The number of nitrogens with zero attached hydrogens (tertiary/aromatic N) is 2. The topological polar surface area (TPSA) is 70.1 Å². The van der Waals surface area contributed by atoms with Crippen LogP contribution in [0.2, 0.25) is 0 Å². The number of methoxy groups -OCH3 is 1. The number of nitrogens with two attached hydrogens (primary N) is 1. The average Bonchev–Trinajstić information content (AvgIpc) is 2.87. The summed E-state index contributed by atoms with van der Waals surface area (Å²) in [6.07, 6.45) is 0.870. The van der Waals surface area contributed by atoms with Crippen LogP contribution in [0.3, 0.4) is 0 Å². The van der Waals surface area contributed by atoms with E-state index in [-0.39, 0.29) is 5.97 Å². The Morgan fingerprint density at radius 3 is 2.73 bits per heavy atom. The van der Waals surface area contributed by atoms with Crippen molar-refractivity contribution in [2.75, 3.05) is 12.8 Å². The zero-order valence-electron chi connectivity index (χ0n) is 12.3. The van der Waals surface area contributed by atoms with Crippen molar-refractivity contribution in [3.63, 3.8) is 0 Å². The number of hydrogen-bond acceptors (Lipinski definition) is 4. The van der Waals surface area contributed by atoms with E-state index in [1.165, 1.54) is 12.7 Å². The lowest BCUT2D eigenvalue weighted by Crippen LogP contribution is -2.06. The lowest BCUT2D eigenvalue weighted by Gasteiger charge is -2.07. The highest BCUT2D eigenvalue weighted by atomic mass is 16.5. The third-order valence-corrected chi connectivity index (χ3v) is 3.67. The fourth-order valence-corrected chi connectivity index (χ4v) is 2.51. The highest BCUT2D eigenvalue weighted by Gasteiger charge is 2.12. The van der Waals surface area contributed by atoms with Crippen LogP contribution in [0.4, 0.5) is 5.95 Å². The molecular weight excluding hydrogens is 278 g/mol. The Hall–Kier alpha value is -2.82. The molecule has 0 aliphatic carbocycles. The van der Waals surface area contributed by atoms with Crippen LogP contribution in [0, 0.1) is 0 Å². The van der Waals surface area contributed by atoms with Gasteiger partial charge in [-0.1, -0.05) is 30.3 Å². The van der Waals surface area contributed by atoms with Gasteiger partial charge in [0, 0.05) is 6.54 Å². The summed E-state index contributed by atoms with van der Waals surface area (Å²) in [7, 11) is 1.36. The number of anilines is 1. The third kappa shape index (κ3) is 2.65. The fourth-order valence-electron chi connectivity index (χ4n) is 2.51. The van der Waals surface area contributed by atoms with Gasteiger partial charge in [-0.2, -0.15) is 0 Å². The van der Waals surface area contributed by atoms with E-state index >= 15 is 0 Å². The Balaban J connectivity index is 1.90. The summed E-state index contributed by atoms with van der Waals surface area (Å²) in [6.45, 7) is 0.740. The van der Waals surface area contributed by atoms with Crippen LogP contribution in [0.1, 0.15) is 15.9 Å². The first-order valence-corrected chi connectivity index (χ1v) is 7.07. The number of imidazole rings is 1. The first-order valence-electron chi connectivity index (χ1n) is 7.07. The van der Waals surface area contributed by atoms with Crippen molar-refractivity contribution in [3.05, 3.63) is 59.7 Å². The molecule has 0 aliphatic heterocycles. The first kappa shape index (κ1) is 14.1. The number of nitrogen functional groups attached to an aromatic ring is 1. The number of benzene rings is 2. The molecule has 2 N–H and O–H groups in total. The summed E-state index contributed by atoms with van der Waals surface area (Å²) in [4.78, 5) is 15.9. The predicted octanol–water partition coefficient (Wildman–Crippen LogP) is 2.65. The number of carbonyl (C=O) groups is 1. The van der Waals surface area contributed by atoms with Crippen LogP contribution in [0.15, 0.2) is 48.5 Å². The molecule has 0 radical (unpaired) electrons. The van der Waals surface area contributed by atoms with Crippen LogP contribution in [0.25, 0.3) is 11.0 Å². The molecule has 0 saturated carbocycles. The number of ether oxygens (including phenoxy) is 1. The average molecular weight is 295 g/mol. The number of fused-ring (bicyclic) bond motifs is 1. The van der Waals surface area contributed by atoms with Gasteiger partial charge in [0.1, 0.15) is 0 Å². The van der Waals surface area contributed by atoms with Crippen LogP contribution in [-0.4, -0.2) is 22.6 Å². The van der Waals surface area contributed by atoms with Gasteiger partial charge in [0.25, 0.3) is 0 Å². The lowest BCUT2D eigenvalue weighted by molar-refractivity contribution is 0.0601. The molecule has 112 valence electrons. The maximum absolute atomic E-state index is 11.6. The SMILES string of the molecule is COC(=O)c1ccc2c(c1)nc(N)n2CCc1ccccc1. The molecule has 0 amide bonds. The summed E-state index contributed by atoms with van der Waals surface area (Å²) >= 11 is 0. The highest BCUT2D eigenvalue weighted by Crippen LogP contribution is 2.20. The van der Waals surface area contributed by atoms with Gasteiger partial charge in [-0.15, -0.1) is 0 Å². The van der Waals surface area contributed by atoms with Crippen LogP contribution >= 0.6 is 0 Å². The van der Waals surface area contributed by atoms with E-state index in [1.54, 1.807) is 12.1 Å². The maximum atomic E-state index is 11.6. The second-order valence-electron chi connectivity index (χ2n) is 5.05. The minimum atomic E-state index is -0.376. The van der Waals surface area contributed by atoms with Crippen molar-refractivity contribution in [2.45, 2.75) is 13.0 Å². The lowest BCUT2D eigenvalue weighted by atomic mass is 10.1. The molecule has 1 aromatic heterocycles. The third-order valence-electron chi connectivity index (χ3n) is 3.67. The Morgan fingerprint density at radius 2 is 2.00 bits per heavy atom. The summed E-state index contributed by atoms with van der Waals surface area (Å²) < 4.78 is 6.68. The normalized spacial score (nSPS) is 10.8. The Morgan fingerprint density at radius 1 is 1.23 bits per heavy atom. The predicted molar refractivity (Wildman–Crippen MR) is 85.6 cm³/mol. The molecule has 0 unspecified atom stereocenters. The largest absolute Gasteiger partial charge is 0.465 e. The summed E-state index contributed by atoms with van der Waals surface area (Å²) in [5, 5.41) is 0. The quantitative estimate of drug-likeness (QED) is 0.751. The van der Waals surface area contributed by atoms with E-state index in [0.717, 1.165) is 18.5 Å². The summed E-state index contributed by atoms with van der Waals surface area (Å²) in [5.41, 5.74) is 9.35. The zero-order valence-corrected chi connectivity index (χ0v) is 12.3. The molecule has 2 aromatic carbocycles.